The Morgan fingerprint density at radius 1 is 1.53 bits per heavy atom. The second kappa shape index (κ2) is 5.40. The number of halogens is 1. The topological polar surface area (TPSA) is 20.3 Å². The average Bonchev–Trinajstić information content (AvgIpc) is 2.74. The Morgan fingerprint density at radius 3 is 2.76 bits per heavy atom. The number of alkyl halides is 1. The lowest BCUT2D eigenvalue weighted by atomic mass is 9.84. The van der Waals surface area contributed by atoms with Crippen LogP contribution in [0.25, 0.3) is 0 Å². The van der Waals surface area contributed by atoms with Crippen LogP contribution in [0.5, 0.6) is 0 Å². The van der Waals surface area contributed by atoms with Crippen LogP contribution in [0.15, 0.2) is 12.1 Å². The van der Waals surface area contributed by atoms with Crippen LogP contribution >= 0.6 is 22.9 Å². The predicted molar refractivity (Wildman–Crippen MR) is 73.0 cm³/mol. The van der Waals surface area contributed by atoms with Gasteiger partial charge in [0.2, 0.25) is 0 Å². The molecule has 0 bridgehead atoms. The summed E-state index contributed by atoms with van der Waals surface area (Å²) in [6.07, 6.45) is 3.09. The third-order valence-electron chi connectivity index (χ3n) is 3.28. The van der Waals surface area contributed by atoms with Gasteiger partial charge in [-0.05, 0) is 37.3 Å². The van der Waals surface area contributed by atoms with Crippen molar-refractivity contribution in [2.24, 2.45) is 5.92 Å². The van der Waals surface area contributed by atoms with E-state index < -0.39 is 0 Å². The predicted octanol–water partition coefficient (Wildman–Crippen LogP) is 3.40. The molecule has 0 unspecified atom stereocenters. The number of hydrogen-bond acceptors (Lipinski definition) is 2. The van der Waals surface area contributed by atoms with Crippen LogP contribution in [-0.2, 0) is 6.42 Å². The molecule has 4 heteroatoms. The molecule has 1 aromatic heterocycles. The molecule has 0 spiro atoms. The first-order valence-corrected chi connectivity index (χ1v) is 7.33. The van der Waals surface area contributed by atoms with E-state index in [2.05, 4.69) is 6.92 Å². The van der Waals surface area contributed by atoms with E-state index in [1.165, 1.54) is 4.88 Å². The average molecular weight is 272 g/mol. The number of nitrogens with zero attached hydrogens (tertiary/aromatic N) is 1. The summed E-state index contributed by atoms with van der Waals surface area (Å²) in [6, 6.07) is 3.98. The Kier molecular flexibility index (Phi) is 4.10. The van der Waals surface area contributed by atoms with Gasteiger partial charge in [0.15, 0.2) is 0 Å². The van der Waals surface area contributed by atoms with E-state index in [0.29, 0.717) is 11.3 Å². The third-order valence-corrected chi connectivity index (χ3v) is 4.85. The first-order chi connectivity index (χ1) is 8.10. The Labute approximate surface area is 112 Å². The van der Waals surface area contributed by atoms with Crippen LogP contribution in [0, 0.1) is 5.92 Å². The normalized spacial score (nSPS) is 23.2. The zero-order valence-electron chi connectivity index (χ0n) is 10.3. The van der Waals surface area contributed by atoms with Crippen molar-refractivity contribution in [1.82, 2.24) is 4.90 Å². The van der Waals surface area contributed by atoms with E-state index in [-0.39, 0.29) is 5.91 Å². The minimum absolute atomic E-state index is 0.146. The molecule has 1 saturated carbocycles. The highest BCUT2D eigenvalue weighted by Crippen LogP contribution is 2.32. The van der Waals surface area contributed by atoms with E-state index in [4.69, 9.17) is 11.6 Å². The van der Waals surface area contributed by atoms with E-state index in [1.54, 1.807) is 11.3 Å². The maximum atomic E-state index is 12.1. The molecule has 0 radical (unpaired) electrons. The van der Waals surface area contributed by atoms with Crippen molar-refractivity contribution in [3.8, 4) is 0 Å². The summed E-state index contributed by atoms with van der Waals surface area (Å²) in [5, 5.41) is 0.330. The lowest BCUT2D eigenvalue weighted by Gasteiger charge is -2.33. The SMILES string of the molecule is CCc1ccc(C(=O)N(C)CC2CC(Cl)C2)s1. The van der Waals surface area contributed by atoms with Gasteiger partial charge in [0, 0.05) is 23.8 Å². The van der Waals surface area contributed by atoms with Crippen LogP contribution in [0.2, 0.25) is 0 Å². The number of thiophene rings is 1. The first kappa shape index (κ1) is 12.9. The summed E-state index contributed by atoms with van der Waals surface area (Å²) in [4.78, 5) is 16.1. The summed E-state index contributed by atoms with van der Waals surface area (Å²) in [6.45, 7) is 2.94. The summed E-state index contributed by atoms with van der Waals surface area (Å²) >= 11 is 7.55. The van der Waals surface area contributed by atoms with E-state index in [9.17, 15) is 4.79 Å². The van der Waals surface area contributed by atoms with Gasteiger partial charge in [-0.2, -0.15) is 0 Å². The van der Waals surface area contributed by atoms with Gasteiger partial charge in [0.25, 0.3) is 5.91 Å². The van der Waals surface area contributed by atoms with E-state index in [1.807, 2.05) is 24.1 Å². The van der Waals surface area contributed by atoms with Crippen LogP contribution in [0.1, 0.15) is 34.3 Å². The fraction of sp³-hybridized carbons (Fsp3) is 0.615. The van der Waals surface area contributed by atoms with Gasteiger partial charge in [0.1, 0.15) is 0 Å². The maximum Gasteiger partial charge on any atom is 0.263 e. The van der Waals surface area contributed by atoms with Gasteiger partial charge in [-0.3, -0.25) is 4.79 Å². The summed E-state index contributed by atoms with van der Waals surface area (Å²) < 4.78 is 0. The van der Waals surface area contributed by atoms with Crippen LogP contribution in [0.3, 0.4) is 0 Å². The highest BCUT2D eigenvalue weighted by molar-refractivity contribution is 7.14. The second-order valence-corrected chi connectivity index (χ2v) is 6.53. The molecule has 1 aliphatic rings. The summed E-state index contributed by atoms with van der Waals surface area (Å²) in [7, 11) is 1.88. The highest BCUT2D eigenvalue weighted by atomic mass is 35.5. The number of carbonyl (C=O) groups is 1. The van der Waals surface area contributed by atoms with Gasteiger partial charge in [-0.15, -0.1) is 22.9 Å². The minimum atomic E-state index is 0.146. The van der Waals surface area contributed by atoms with E-state index in [0.717, 1.165) is 30.7 Å². The molecule has 1 aliphatic carbocycles. The van der Waals surface area contributed by atoms with Crippen LogP contribution in [0.4, 0.5) is 0 Å². The van der Waals surface area contributed by atoms with Crippen molar-refractivity contribution in [1.29, 1.82) is 0 Å². The Balaban J connectivity index is 1.90. The zero-order valence-corrected chi connectivity index (χ0v) is 11.9. The molecule has 0 saturated heterocycles. The van der Waals surface area contributed by atoms with E-state index >= 15 is 0 Å². The van der Waals surface area contributed by atoms with Crippen LogP contribution < -0.4 is 0 Å². The van der Waals surface area contributed by atoms with Gasteiger partial charge in [-0.1, -0.05) is 6.92 Å². The van der Waals surface area contributed by atoms with Gasteiger partial charge < -0.3 is 4.90 Å². The number of rotatable bonds is 4. The number of amides is 1. The quantitative estimate of drug-likeness (QED) is 0.769. The Bertz CT molecular complexity index is 398. The molecule has 2 rings (SSSR count). The molecule has 2 nitrogen and oxygen atoms in total. The lowest BCUT2D eigenvalue weighted by molar-refractivity contribution is 0.0751. The summed E-state index contributed by atoms with van der Waals surface area (Å²) in [5.41, 5.74) is 0. The van der Waals surface area contributed by atoms with Crippen molar-refractivity contribution < 1.29 is 4.79 Å². The minimum Gasteiger partial charge on any atom is -0.341 e. The molecule has 1 aromatic rings. The van der Waals surface area contributed by atoms with Crippen molar-refractivity contribution in [2.45, 2.75) is 31.6 Å². The molecule has 1 fully saturated rings. The third kappa shape index (κ3) is 3.02. The molecule has 1 amide bonds. The molecule has 0 aliphatic heterocycles. The lowest BCUT2D eigenvalue weighted by Crippen LogP contribution is -2.37. The Hall–Kier alpha value is -0.540. The molecule has 0 aromatic carbocycles. The fourth-order valence-corrected chi connectivity index (χ4v) is 3.59. The molecular formula is C13H18ClNOS. The first-order valence-electron chi connectivity index (χ1n) is 6.08. The van der Waals surface area contributed by atoms with Gasteiger partial charge in [0.05, 0.1) is 4.88 Å². The fourth-order valence-electron chi connectivity index (χ4n) is 2.14. The Morgan fingerprint density at radius 2 is 2.24 bits per heavy atom. The van der Waals surface area contributed by atoms with Crippen LogP contribution in [-0.4, -0.2) is 29.8 Å². The zero-order chi connectivity index (χ0) is 12.4. The van der Waals surface area contributed by atoms with Crippen molar-refractivity contribution in [3.05, 3.63) is 21.9 Å². The second-order valence-electron chi connectivity index (χ2n) is 4.74. The number of hydrogen-bond donors (Lipinski definition) is 0. The monoisotopic (exact) mass is 271 g/mol. The van der Waals surface area contributed by atoms with Gasteiger partial charge in [-0.25, -0.2) is 0 Å². The highest BCUT2D eigenvalue weighted by Gasteiger charge is 2.29. The molecule has 1 heterocycles. The largest absolute Gasteiger partial charge is 0.341 e. The van der Waals surface area contributed by atoms with Crippen molar-refractivity contribution in [3.63, 3.8) is 0 Å². The molecule has 17 heavy (non-hydrogen) atoms. The smallest absolute Gasteiger partial charge is 0.263 e. The van der Waals surface area contributed by atoms with Gasteiger partial charge >= 0.3 is 0 Å². The summed E-state index contributed by atoms with van der Waals surface area (Å²) in [5.74, 6) is 0.741. The standard InChI is InChI=1S/C13H18ClNOS/c1-3-11-4-5-12(17-11)13(16)15(2)8-9-6-10(14)7-9/h4-5,9-10H,3,6-8H2,1-2H3. The number of carbonyl (C=O) groups excluding carboxylic acids is 1. The van der Waals surface area contributed by atoms with Crippen molar-refractivity contribution >= 4 is 28.8 Å². The molecule has 94 valence electrons. The maximum absolute atomic E-state index is 12.1. The molecular weight excluding hydrogens is 254 g/mol. The molecule has 0 N–H and O–H groups in total. The molecule has 0 atom stereocenters. The van der Waals surface area contributed by atoms with Crippen molar-refractivity contribution in [2.75, 3.05) is 13.6 Å². The number of aryl methyl sites for hydroxylation is 1.